The smallest absolute Gasteiger partial charge is 0.365 e. The van der Waals surface area contributed by atoms with E-state index in [-0.39, 0.29) is 12.5 Å². The van der Waals surface area contributed by atoms with Gasteiger partial charge in [-0.25, -0.2) is 4.79 Å². The van der Waals surface area contributed by atoms with Gasteiger partial charge in [-0.15, -0.1) is 0 Å². The van der Waals surface area contributed by atoms with Gasteiger partial charge in [0.15, 0.2) is 11.8 Å². The lowest BCUT2D eigenvalue weighted by Crippen LogP contribution is -2.91. The van der Waals surface area contributed by atoms with Gasteiger partial charge in [0.2, 0.25) is 0 Å². The molecule has 2 rings (SSSR count). The third-order valence-corrected chi connectivity index (χ3v) is 5.21. The number of aliphatic carboxylic acids is 1. The van der Waals surface area contributed by atoms with Crippen molar-refractivity contribution in [3.05, 3.63) is 24.2 Å². The topological polar surface area (TPSA) is 96.2 Å². The predicted molar refractivity (Wildman–Crippen MR) is 98.4 cm³/mol. The average molecular weight is 379 g/mol. The summed E-state index contributed by atoms with van der Waals surface area (Å²) in [5.41, 5.74) is 0. The molecule has 1 saturated carbocycles. The van der Waals surface area contributed by atoms with E-state index in [1.54, 1.807) is 23.7 Å². The van der Waals surface area contributed by atoms with Crippen LogP contribution in [0.1, 0.15) is 82.8 Å². The molecule has 1 aromatic heterocycles. The van der Waals surface area contributed by atoms with E-state index in [0.717, 1.165) is 25.7 Å². The van der Waals surface area contributed by atoms with Gasteiger partial charge in [-0.3, -0.25) is 0 Å². The number of esters is 1. The van der Waals surface area contributed by atoms with Crippen LogP contribution in [-0.4, -0.2) is 24.1 Å². The van der Waals surface area contributed by atoms with Crippen LogP contribution in [-0.2, 0) is 20.9 Å². The molecule has 1 aromatic rings. The van der Waals surface area contributed by atoms with Gasteiger partial charge in [-0.05, 0) is 37.8 Å². The second-order valence-electron chi connectivity index (χ2n) is 7.52. The summed E-state index contributed by atoms with van der Waals surface area (Å²) in [4.78, 5) is 23.7. The fourth-order valence-corrected chi connectivity index (χ4v) is 3.62. The van der Waals surface area contributed by atoms with Crippen LogP contribution < -0.4 is 10.4 Å². The van der Waals surface area contributed by atoms with Gasteiger partial charge in [0.05, 0.1) is 12.7 Å². The van der Waals surface area contributed by atoms with Gasteiger partial charge in [-0.2, -0.15) is 0 Å². The molecule has 0 aliphatic heterocycles. The number of nitrogens with two attached hydrogens (primary N) is 1. The van der Waals surface area contributed by atoms with Crippen LogP contribution in [0.3, 0.4) is 0 Å². The standard InChI is InChI=1S/C21H33NO5/c23-20(24)15-19(22-16-18-13-10-14-26-18)21(25)27-17-11-8-6-4-2-1-3-5-7-9-12-17/h10,13-14,17,19,22H,1-9,11-12,15-16H2,(H,23,24)/t19-/m0/s1. The van der Waals surface area contributed by atoms with Gasteiger partial charge in [-0.1, -0.05) is 44.9 Å². The summed E-state index contributed by atoms with van der Waals surface area (Å²) in [5, 5.41) is 12.7. The van der Waals surface area contributed by atoms with Crippen molar-refractivity contribution in [1.82, 2.24) is 0 Å². The molecule has 1 heterocycles. The maximum atomic E-state index is 12.6. The normalized spacial score (nSPS) is 18.8. The first kappa shape index (κ1) is 21.5. The molecule has 1 aliphatic carbocycles. The fraction of sp³-hybridized carbons (Fsp3) is 0.714. The summed E-state index contributed by atoms with van der Waals surface area (Å²) >= 11 is 0. The van der Waals surface area contributed by atoms with Crippen LogP contribution in [0, 0.1) is 0 Å². The summed E-state index contributed by atoms with van der Waals surface area (Å²) in [6.45, 7) is 0.394. The summed E-state index contributed by atoms with van der Waals surface area (Å²) in [5.74, 6) is -1.01. The highest BCUT2D eigenvalue weighted by molar-refractivity contribution is 5.79. The lowest BCUT2D eigenvalue weighted by molar-refractivity contribution is -0.695. The Labute approximate surface area is 161 Å². The molecule has 0 radical (unpaired) electrons. The zero-order chi connectivity index (χ0) is 19.3. The van der Waals surface area contributed by atoms with E-state index in [1.165, 1.54) is 44.9 Å². The number of carboxylic acids is 1. The van der Waals surface area contributed by atoms with Crippen molar-refractivity contribution < 1.29 is 29.2 Å². The van der Waals surface area contributed by atoms with Crippen molar-refractivity contribution in [2.75, 3.05) is 0 Å². The lowest BCUT2D eigenvalue weighted by atomic mass is 9.99. The second-order valence-corrected chi connectivity index (χ2v) is 7.52. The van der Waals surface area contributed by atoms with E-state index in [2.05, 4.69) is 0 Å². The molecule has 0 saturated heterocycles. The Balaban J connectivity index is 1.87. The molecule has 1 atom stereocenters. The maximum absolute atomic E-state index is 12.6. The fourth-order valence-electron chi connectivity index (χ4n) is 3.62. The summed E-state index contributed by atoms with van der Waals surface area (Å²) < 4.78 is 11.0. The number of carbonyl (C=O) groups is 2. The molecule has 0 spiro atoms. The molecule has 2 N–H and O–H groups in total. The molecule has 6 heteroatoms. The van der Waals surface area contributed by atoms with E-state index >= 15 is 0 Å². The summed E-state index contributed by atoms with van der Waals surface area (Å²) in [6.07, 6.45) is 13.7. The Kier molecular flexibility index (Phi) is 9.98. The van der Waals surface area contributed by atoms with E-state index in [0.29, 0.717) is 12.3 Å². The van der Waals surface area contributed by atoms with Crippen molar-refractivity contribution in [1.29, 1.82) is 0 Å². The van der Waals surface area contributed by atoms with Crippen molar-refractivity contribution in [2.24, 2.45) is 0 Å². The Morgan fingerprint density at radius 2 is 1.67 bits per heavy atom. The van der Waals surface area contributed by atoms with E-state index in [1.807, 2.05) is 0 Å². The van der Waals surface area contributed by atoms with E-state index in [4.69, 9.17) is 9.15 Å². The summed E-state index contributed by atoms with van der Waals surface area (Å²) in [7, 11) is 0. The second kappa shape index (κ2) is 12.5. The van der Waals surface area contributed by atoms with Gasteiger partial charge in [0.25, 0.3) is 0 Å². The van der Waals surface area contributed by atoms with Crippen LogP contribution >= 0.6 is 0 Å². The minimum atomic E-state index is -1.24. The first-order chi connectivity index (χ1) is 13.1. The molecule has 0 amide bonds. The first-order valence-electron chi connectivity index (χ1n) is 10.4. The van der Waals surface area contributed by atoms with Gasteiger partial charge >= 0.3 is 5.97 Å². The summed E-state index contributed by atoms with van der Waals surface area (Å²) in [6, 6.07) is 2.76. The molecule has 152 valence electrons. The monoisotopic (exact) mass is 379 g/mol. The Hall–Kier alpha value is -1.82. The van der Waals surface area contributed by atoms with Crippen molar-refractivity contribution in [2.45, 2.75) is 95.7 Å². The first-order valence-corrected chi connectivity index (χ1v) is 10.4. The number of rotatable bonds is 7. The highest BCUT2D eigenvalue weighted by Crippen LogP contribution is 2.19. The van der Waals surface area contributed by atoms with Crippen molar-refractivity contribution in [3.8, 4) is 0 Å². The highest BCUT2D eigenvalue weighted by Gasteiger charge is 2.27. The minimum absolute atomic E-state index is 0.113. The zero-order valence-electron chi connectivity index (χ0n) is 16.2. The van der Waals surface area contributed by atoms with E-state index in [9.17, 15) is 14.7 Å². The molecule has 1 aliphatic rings. The van der Waals surface area contributed by atoms with Gasteiger partial charge in [0, 0.05) is 5.97 Å². The molecule has 0 bridgehead atoms. The Bertz CT molecular complexity index is 531. The zero-order valence-corrected chi connectivity index (χ0v) is 16.2. The maximum Gasteiger partial charge on any atom is 0.365 e. The van der Waals surface area contributed by atoms with Crippen LogP contribution in [0.15, 0.2) is 22.8 Å². The highest BCUT2D eigenvalue weighted by atomic mass is 16.5. The average Bonchev–Trinajstić information content (AvgIpc) is 3.14. The van der Waals surface area contributed by atoms with Gasteiger partial charge in [0.1, 0.15) is 12.6 Å². The predicted octanol–water partition coefficient (Wildman–Crippen LogP) is 2.07. The third-order valence-electron chi connectivity index (χ3n) is 5.21. The van der Waals surface area contributed by atoms with Crippen molar-refractivity contribution in [3.63, 3.8) is 0 Å². The van der Waals surface area contributed by atoms with Gasteiger partial charge < -0.3 is 24.4 Å². The number of hydrogen-bond acceptors (Lipinski definition) is 5. The van der Waals surface area contributed by atoms with Crippen LogP contribution in [0.2, 0.25) is 0 Å². The van der Waals surface area contributed by atoms with E-state index < -0.39 is 18.0 Å². The quantitative estimate of drug-likeness (QED) is 0.732. The van der Waals surface area contributed by atoms with Crippen LogP contribution in [0.4, 0.5) is 0 Å². The minimum Gasteiger partial charge on any atom is -0.550 e. The number of furan rings is 1. The number of carboxylic acid groups (broad SMARTS) is 1. The third kappa shape index (κ3) is 9.09. The number of carbonyl (C=O) groups excluding carboxylic acids is 2. The molecule has 0 aromatic carbocycles. The number of hydrogen-bond donors (Lipinski definition) is 1. The largest absolute Gasteiger partial charge is 0.550 e. The molecule has 1 fully saturated rings. The Morgan fingerprint density at radius 3 is 2.19 bits per heavy atom. The van der Waals surface area contributed by atoms with Crippen LogP contribution in [0.25, 0.3) is 0 Å². The molecule has 27 heavy (non-hydrogen) atoms. The van der Waals surface area contributed by atoms with Crippen molar-refractivity contribution >= 4 is 11.9 Å². The lowest BCUT2D eigenvalue weighted by Gasteiger charge is -2.22. The SMILES string of the molecule is O=C([O-])C[C@H]([NH2+]Cc1ccco1)C(=O)OC1CCCCCCCCCCC1. The molecular formula is C21H33NO5. The Morgan fingerprint density at radius 1 is 1.07 bits per heavy atom. The number of quaternary nitrogens is 1. The number of ether oxygens (including phenoxy) is 1. The molecular weight excluding hydrogens is 346 g/mol. The van der Waals surface area contributed by atoms with Crippen LogP contribution in [0.5, 0.6) is 0 Å². The molecule has 0 unspecified atom stereocenters. The molecule has 6 nitrogen and oxygen atoms in total.